The number of carbonyl (C=O) groups is 1. The van der Waals surface area contributed by atoms with Crippen LogP contribution in [-0.4, -0.2) is 15.0 Å². The fourth-order valence-electron chi connectivity index (χ4n) is 2.42. The molecule has 24 heavy (non-hydrogen) atoms. The molecule has 0 fully saturated rings. The summed E-state index contributed by atoms with van der Waals surface area (Å²) >= 11 is 0. The molecule has 0 saturated carbocycles. The van der Waals surface area contributed by atoms with Crippen LogP contribution in [0.3, 0.4) is 0 Å². The largest absolute Gasteiger partial charge is 0.347 e. The van der Waals surface area contributed by atoms with Crippen molar-refractivity contribution in [1.82, 2.24) is 14.5 Å². The van der Waals surface area contributed by atoms with Crippen molar-refractivity contribution in [3.63, 3.8) is 0 Å². The Kier molecular flexibility index (Phi) is 5.33. The summed E-state index contributed by atoms with van der Waals surface area (Å²) in [5, 5.41) is 2.85. The van der Waals surface area contributed by atoms with Crippen molar-refractivity contribution in [1.29, 1.82) is 0 Å². The predicted molar refractivity (Wildman–Crippen MR) is 88.1 cm³/mol. The van der Waals surface area contributed by atoms with Crippen LogP contribution in [0.25, 0.3) is 0 Å². The number of hydrogen-bond acceptors (Lipinski definition) is 3. The van der Waals surface area contributed by atoms with E-state index in [2.05, 4.69) is 5.32 Å². The van der Waals surface area contributed by atoms with Crippen LogP contribution in [-0.2, 0) is 18.4 Å². The van der Waals surface area contributed by atoms with Gasteiger partial charge in [0, 0.05) is 19.3 Å². The van der Waals surface area contributed by atoms with Crippen LogP contribution in [0.15, 0.2) is 46.1 Å². The number of hydrogen-bond donors (Lipinski definition) is 1. The van der Waals surface area contributed by atoms with Crippen molar-refractivity contribution in [2.45, 2.75) is 26.4 Å². The van der Waals surface area contributed by atoms with Crippen molar-refractivity contribution in [2.75, 3.05) is 0 Å². The minimum absolute atomic E-state index is 0.0799. The van der Waals surface area contributed by atoms with E-state index >= 15 is 0 Å². The number of aromatic nitrogens is 2. The molecule has 0 aliphatic heterocycles. The Bertz CT molecular complexity index is 837. The molecule has 0 aliphatic carbocycles. The molecular formula is C17H20FN3O3. The Morgan fingerprint density at radius 2 is 1.79 bits per heavy atom. The second-order valence-electron chi connectivity index (χ2n) is 5.96. The molecule has 7 heteroatoms. The van der Waals surface area contributed by atoms with Crippen LogP contribution in [0.4, 0.5) is 4.39 Å². The molecule has 128 valence electrons. The third-order valence-electron chi connectivity index (χ3n) is 3.79. The average molecular weight is 333 g/mol. The molecule has 0 aliphatic rings. The molecule has 0 bridgehead atoms. The van der Waals surface area contributed by atoms with E-state index in [0.29, 0.717) is 0 Å². The standard InChI is InChI=1S/C17H20FN3O3/c1-11(2)16(12-4-6-13(18)7-5-12)19-14(22)10-21-9-8-15(23)20(3)17(21)24/h4-9,11,16H,10H2,1-3H3,(H,19,22)/t16-/m0/s1. The lowest BCUT2D eigenvalue weighted by Crippen LogP contribution is -2.41. The normalized spacial score (nSPS) is 12.2. The van der Waals surface area contributed by atoms with E-state index in [1.807, 2.05) is 13.8 Å². The molecule has 6 nitrogen and oxygen atoms in total. The van der Waals surface area contributed by atoms with Crippen LogP contribution in [0, 0.1) is 11.7 Å². The number of nitrogens with one attached hydrogen (secondary N) is 1. The highest BCUT2D eigenvalue weighted by molar-refractivity contribution is 5.76. The summed E-state index contributed by atoms with van der Waals surface area (Å²) in [5.41, 5.74) is -0.198. The number of carbonyl (C=O) groups excluding carboxylic acids is 1. The maximum Gasteiger partial charge on any atom is 0.331 e. The maximum absolute atomic E-state index is 13.1. The molecule has 1 aromatic heterocycles. The first-order chi connectivity index (χ1) is 11.3. The van der Waals surface area contributed by atoms with Crippen molar-refractivity contribution in [2.24, 2.45) is 13.0 Å². The smallest absolute Gasteiger partial charge is 0.331 e. The van der Waals surface area contributed by atoms with Gasteiger partial charge in [0.15, 0.2) is 0 Å². The molecular weight excluding hydrogens is 313 g/mol. The number of nitrogens with zero attached hydrogens (tertiary/aromatic N) is 2. The summed E-state index contributed by atoms with van der Waals surface area (Å²) in [4.78, 5) is 35.6. The van der Waals surface area contributed by atoms with Crippen LogP contribution in [0.5, 0.6) is 0 Å². The third kappa shape index (κ3) is 3.98. The fraction of sp³-hybridized carbons (Fsp3) is 0.353. The fourth-order valence-corrected chi connectivity index (χ4v) is 2.42. The molecule has 0 unspecified atom stereocenters. The number of benzene rings is 1. The Hall–Kier alpha value is -2.70. The van der Waals surface area contributed by atoms with Gasteiger partial charge in [0.1, 0.15) is 12.4 Å². The van der Waals surface area contributed by atoms with E-state index in [-0.39, 0.29) is 30.2 Å². The Balaban J connectivity index is 2.17. The Morgan fingerprint density at radius 3 is 2.38 bits per heavy atom. The zero-order valence-electron chi connectivity index (χ0n) is 13.8. The lowest BCUT2D eigenvalue weighted by molar-refractivity contribution is -0.122. The van der Waals surface area contributed by atoms with Crippen LogP contribution in [0.1, 0.15) is 25.5 Å². The summed E-state index contributed by atoms with van der Waals surface area (Å²) in [6.07, 6.45) is 1.30. The van der Waals surface area contributed by atoms with Crippen molar-refractivity contribution < 1.29 is 9.18 Å². The molecule has 2 aromatic rings. The Labute approximate surface area is 138 Å². The van der Waals surface area contributed by atoms with E-state index in [4.69, 9.17) is 0 Å². The lowest BCUT2D eigenvalue weighted by Gasteiger charge is -2.23. The van der Waals surface area contributed by atoms with E-state index in [1.165, 1.54) is 36.0 Å². The van der Waals surface area contributed by atoms with Crippen molar-refractivity contribution in [3.8, 4) is 0 Å². The van der Waals surface area contributed by atoms with Gasteiger partial charge in [0.25, 0.3) is 5.56 Å². The second kappa shape index (κ2) is 7.25. The van der Waals surface area contributed by atoms with Gasteiger partial charge < -0.3 is 5.32 Å². The molecule has 0 spiro atoms. The van der Waals surface area contributed by atoms with Gasteiger partial charge >= 0.3 is 5.69 Å². The highest BCUT2D eigenvalue weighted by atomic mass is 19.1. The molecule has 1 aromatic carbocycles. The van der Waals surface area contributed by atoms with Crippen LogP contribution >= 0.6 is 0 Å². The lowest BCUT2D eigenvalue weighted by atomic mass is 9.96. The van der Waals surface area contributed by atoms with E-state index in [9.17, 15) is 18.8 Å². The van der Waals surface area contributed by atoms with Gasteiger partial charge in [-0.15, -0.1) is 0 Å². The van der Waals surface area contributed by atoms with E-state index in [1.54, 1.807) is 12.1 Å². The molecule has 1 heterocycles. The van der Waals surface area contributed by atoms with Crippen LogP contribution in [0.2, 0.25) is 0 Å². The molecule has 1 amide bonds. The molecule has 1 atom stereocenters. The summed E-state index contributed by atoms with van der Waals surface area (Å²) in [6, 6.07) is 6.86. The minimum Gasteiger partial charge on any atom is -0.347 e. The monoisotopic (exact) mass is 333 g/mol. The van der Waals surface area contributed by atoms with Gasteiger partial charge in [-0.05, 0) is 23.6 Å². The number of rotatable bonds is 5. The highest BCUT2D eigenvalue weighted by Crippen LogP contribution is 2.21. The predicted octanol–water partition coefficient (Wildman–Crippen LogP) is 1.20. The first kappa shape index (κ1) is 17.7. The van der Waals surface area contributed by atoms with E-state index < -0.39 is 11.2 Å². The third-order valence-corrected chi connectivity index (χ3v) is 3.79. The quantitative estimate of drug-likeness (QED) is 0.893. The van der Waals surface area contributed by atoms with Crippen LogP contribution < -0.4 is 16.6 Å². The summed E-state index contributed by atoms with van der Waals surface area (Å²) in [6.45, 7) is 3.68. The average Bonchev–Trinajstić information content (AvgIpc) is 2.54. The van der Waals surface area contributed by atoms with Crippen molar-refractivity contribution >= 4 is 5.91 Å². The molecule has 1 N–H and O–H groups in total. The molecule has 0 saturated heterocycles. The number of amides is 1. The van der Waals surface area contributed by atoms with Gasteiger partial charge in [-0.3, -0.25) is 18.7 Å². The molecule has 0 radical (unpaired) electrons. The SMILES string of the molecule is CC(C)[C@H](NC(=O)Cn1ccc(=O)n(C)c1=O)c1ccc(F)cc1. The first-order valence-corrected chi connectivity index (χ1v) is 7.61. The summed E-state index contributed by atoms with van der Waals surface area (Å²) in [5.74, 6) is -0.626. The van der Waals surface area contributed by atoms with Gasteiger partial charge in [0.05, 0.1) is 6.04 Å². The highest BCUT2D eigenvalue weighted by Gasteiger charge is 2.19. The first-order valence-electron chi connectivity index (χ1n) is 7.61. The topological polar surface area (TPSA) is 73.1 Å². The van der Waals surface area contributed by atoms with E-state index in [0.717, 1.165) is 10.1 Å². The van der Waals surface area contributed by atoms with Gasteiger partial charge in [-0.25, -0.2) is 9.18 Å². The maximum atomic E-state index is 13.1. The second-order valence-corrected chi connectivity index (χ2v) is 5.96. The zero-order valence-corrected chi connectivity index (χ0v) is 13.8. The number of halogens is 1. The van der Waals surface area contributed by atoms with Gasteiger partial charge in [-0.1, -0.05) is 26.0 Å². The Morgan fingerprint density at radius 1 is 1.17 bits per heavy atom. The summed E-state index contributed by atoms with van der Waals surface area (Å²) in [7, 11) is 1.36. The van der Waals surface area contributed by atoms with Gasteiger partial charge in [-0.2, -0.15) is 0 Å². The minimum atomic E-state index is -0.555. The van der Waals surface area contributed by atoms with Crippen molar-refractivity contribution in [3.05, 3.63) is 68.7 Å². The summed E-state index contributed by atoms with van der Waals surface area (Å²) < 4.78 is 15.2. The van der Waals surface area contributed by atoms with Gasteiger partial charge in [0.2, 0.25) is 5.91 Å². The molecule has 2 rings (SSSR count). The zero-order chi connectivity index (χ0) is 17.9.